The fraction of sp³-hybridized carbons (Fsp3) is 0.968. The van der Waals surface area contributed by atoms with Gasteiger partial charge in [-0.15, -0.1) is 0 Å². The van der Waals surface area contributed by atoms with Gasteiger partial charge in [0, 0.05) is 13.0 Å². The lowest BCUT2D eigenvalue weighted by atomic mass is 10.0. The number of ether oxygens (including phenoxy) is 2. The fourth-order valence-corrected chi connectivity index (χ4v) is 4.60. The Hall–Kier alpha value is -0.610. The second-order valence-corrected chi connectivity index (χ2v) is 10.5. The van der Waals surface area contributed by atoms with Crippen LogP contribution in [-0.2, 0) is 14.3 Å². The summed E-state index contributed by atoms with van der Waals surface area (Å²) >= 11 is 0. The molecule has 0 rings (SSSR count). The van der Waals surface area contributed by atoms with E-state index in [4.69, 9.17) is 9.47 Å². The number of aliphatic hydroxyl groups excluding tert-OH is 1. The molecule has 0 aliphatic heterocycles. The summed E-state index contributed by atoms with van der Waals surface area (Å²) in [6.07, 6.45) is 31.2. The van der Waals surface area contributed by atoms with Gasteiger partial charge < -0.3 is 14.6 Å². The smallest absolute Gasteiger partial charge is 0.306 e. The van der Waals surface area contributed by atoms with Gasteiger partial charge in [-0.3, -0.25) is 4.79 Å². The molecule has 0 aromatic heterocycles. The number of carbonyl (C=O) groups excluding carboxylic acids is 1. The van der Waals surface area contributed by atoms with E-state index in [2.05, 4.69) is 6.92 Å². The van der Waals surface area contributed by atoms with E-state index in [0.29, 0.717) is 19.6 Å². The maximum Gasteiger partial charge on any atom is 0.306 e. The SMILES string of the molecule is CCCCCCCCCCCCCCCCCCCCCCCCOCC(CO)OC(=O)CCC. The number of aliphatic hydroxyl groups is 1. The highest BCUT2D eigenvalue weighted by molar-refractivity contribution is 5.69. The van der Waals surface area contributed by atoms with Gasteiger partial charge in [-0.05, 0) is 12.8 Å². The zero-order valence-corrected chi connectivity index (χ0v) is 23.8. The molecule has 0 saturated carbocycles. The summed E-state index contributed by atoms with van der Waals surface area (Å²) < 4.78 is 10.8. The van der Waals surface area contributed by atoms with Gasteiger partial charge >= 0.3 is 5.97 Å². The van der Waals surface area contributed by atoms with Crippen molar-refractivity contribution in [3.05, 3.63) is 0 Å². The molecule has 1 N–H and O–H groups in total. The maximum atomic E-state index is 11.5. The monoisotopic (exact) mass is 498 g/mol. The van der Waals surface area contributed by atoms with Crippen LogP contribution in [-0.4, -0.2) is 37.0 Å². The number of hydrogen-bond acceptors (Lipinski definition) is 4. The summed E-state index contributed by atoms with van der Waals surface area (Å²) in [7, 11) is 0. The molecule has 0 heterocycles. The van der Waals surface area contributed by atoms with E-state index in [-0.39, 0.29) is 12.6 Å². The molecule has 35 heavy (non-hydrogen) atoms. The Kier molecular flexibility index (Phi) is 29.1. The van der Waals surface area contributed by atoms with Gasteiger partial charge in [0.25, 0.3) is 0 Å². The number of unbranched alkanes of at least 4 members (excludes halogenated alkanes) is 21. The zero-order chi connectivity index (χ0) is 25.7. The summed E-state index contributed by atoms with van der Waals surface area (Å²) in [6.45, 7) is 5.03. The summed E-state index contributed by atoms with van der Waals surface area (Å²) in [4.78, 5) is 11.5. The first kappa shape index (κ1) is 34.4. The van der Waals surface area contributed by atoms with Gasteiger partial charge in [-0.25, -0.2) is 0 Å². The predicted octanol–water partition coefficient (Wildman–Crippen LogP) is 9.31. The standard InChI is InChI=1S/C31H62O4/c1-3-5-6-7-8-9-10-11-12-13-14-15-16-17-18-19-20-21-22-23-24-25-27-34-29-30(28-32)35-31(33)26-4-2/h30,32H,3-29H2,1-2H3. The lowest BCUT2D eigenvalue weighted by molar-refractivity contribution is -0.154. The minimum atomic E-state index is -0.520. The maximum absolute atomic E-state index is 11.5. The van der Waals surface area contributed by atoms with Crippen molar-refractivity contribution >= 4 is 5.97 Å². The van der Waals surface area contributed by atoms with Crippen molar-refractivity contribution in [2.24, 2.45) is 0 Å². The lowest BCUT2D eigenvalue weighted by Crippen LogP contribution is -2.27. The number of esters is 1. The fourth-order valence-electron chi connectivity index (χ4n) is 4.60. The molecule has 4 heteroatoms. The van der Waals surface area contributed by atoms with Crippen LogP contribution in [0.25, 0.3) is 0 Å². The largest absolute Gasteiger partial charge is 0.457 e. The Morgan fingerprint density at radius 1 is 0.571 bits per heavy atom. The Morgan fingerprint density at radius 2 is 0.943 bits per heavy atom. The van der Waals surface area contributed by atoms with Crippen LogP contribution >= 0.6 is 0 Å². The van der Waals surface area contributed by atoms with Crippen LogP contribution in [0.3, 0.4) is 0 Å². The van der Waals surface area contributed by atoms with Crippen molar-refractivity contribution in [2.45, 2.75) is 174 Å². The molecule has 0 bridgehead atoms. The van der Waals surface area contributed by atoms with Crippen LogP contribution in [0.5, 0.6) is 0 Å². The highest BCUT2D eigenvalue weighted by Gasteiger charge is 2.12. The molecule has 4 nitrogen and oxygen atoms in total. The third-order valence-electron chi connectivity index (χ3n) is 6.90. The molecule has 0 spiro atoms. The quantitative estimate of drug-likeness (QED) is 0.0824. The van der Waals surface area contributed by atoms with E-state index in [1.165, 1.54) is 135 Å². The van der Waals surface area contributed by atoms with Crippen LogP contribution in [0.2, 0.25) is 0 Å². The molecule has 210 valence electrons. The second kappa shape index (κ2) is 29.6. The molecule has 0 aliphatic carbocycles. The van der Waals surface area contributed by atoms with Gasteiger partial charge in [0.15, 0.2) is 0 Å². The Labute approximate surface area is 219 Å². The molecule has 0 aromatic carbocycles. The van der Waals surface area contributed by atoms with Crippen molar-refractivity contribution in [3.63, 3.8) is 0 Å². The van der Waals surface area contributed by atoms with Gasteiger partial charge in [-0.2, -0.15) is 0 Å². The van der Waals surface area contributed by atoms with E-state index >= 15 is 0 Å². The van der Waals surface area contributed by atoms with Crippen LogP contribution in [0.4, 0.5) is 0 Å². The molecular weight excluding hydrogens is 436 g/mol. The first-order chi connectivity index (χ1) is 17.2. The molecule has 0 aliphatic rings. The van der Waals surface area contributed by atoms with Gasteiger partial charge in [0.05, 0.1) is 13.2 Å². The Balaban J connectivity index is 3.17. The molecule has 1 atom stereocenters. The van der Waals surface area contributed by atoms with Crippen molar-refractivity contribution in [3.8, 4) is 0 Å². The average molecular weight is 499 g/mol. The van der Waals surface area contributed by atoms with Crippen LogP contribution in [0, 0.1) is 0 Å². The summed E-state index contributed by atoms with van der Waals surface area (Å²) in [5.74, 6) is -0.250. The molecule has 0 radical (unpaired) electrons. The van der Waals surface area contributed by atoms with E-state index < -0.39 is 6.10 Å². The first-order valence-corrected chi connectivity index (χ1v) is 15.6. The van der Waals surface area contributed by atoms with E-state index in [9.17, 15) is 9.90 Å². The predicted molar refractivity (Wildman–Crippen MR) is 150 cm³/mol. The summed E-state index contributed by atoms with van der Waals surface area (Å²) in [6, 6.07) is 0. The van der Waals surface area contributed by atoms with Crippen molar-refractivity contribution in [1.82, 2.24) is 0 Å². The van der Waals surface area contributed by atoms with Gasteiger partial charge in [0.1, 0.15) is 6.10 Å². The molecular formula is C31H62O4. The van der Waals surface area contributed by atoms with E-state index in [1.54, 1.807) is 0 Å². The molecule has 0 aromatic rings. The van der Waals surface area contributed by atoms with Gasteiger partial charge in [0.2, 0.25) is 0 Å². The summed E-state index contributed by atoms with van der Waals surface area (Å²) in [5.41, 5.74) is 0. The minimum Gasteiger partial charge on any atom is -0.457 e. The Bertz CT molecular complexity index is 413. The first-order valence-electron chi connectivity index (χ1n) is 15.6. The van der Waals surface area contributed by atoms with Crippen molar-refractivity contribution in [2.75, 3.05) is 19.8 Å². The number of carbonyl (C=O) groups is 1. The highest BCUT2D eigenvalue weighted by Crippen LogP contribution is 2.15. The molecule has 0 saturated heterocycles. The number of rotatable bonds is 29. The zero-order valence-electron chi connectivity index (χ0n) is 23.8. The van der Waals surface area contributed by atoms with E-state index in [1.807, 2.05) is 6.92 Å². The highest BCUT2D eigenvalue weighted by atomic mass is 16.6. The topological polar surface area (TPSA) is 55.8 Å². The number of hydrogen-bond donors (Lipinski definition) is 1. The minimum absolute atomic E-state index is 0.172. The Morgan fingerprint density at radius 3 is 1.29 bits per heavy atom. The molecule has 1 unspecified atom stereocenters. The second-order valence-electron chi connectivity index (χ2n) is 10.5. The van der Waals surface area contributed by atoms with Crippen LogP contribution in [0.1, 0.15) is 168 Å². The third kappa shape index (κ3) is 27.8. The third-order valence-corrected chi connectivity index (χ3v) is 6.90. The van der Waals surface area contributed by atoms with Crippen LogP contribution < -0.4 is 0 Å². The molecule has 0 fully saturated rings. The van der Waals surface area contributed by atoms with Crippen molar-refractivity contribution in [1.29, 1.82) is 0 Å². The summed E-state index contributed by atoms with van der Waals surface area (Å²) in [5, 5.41) is 9.27. The lowest BCUT2D eigenvalue weighted by Gasteiger charge is -2.15. The normalized spacial score (nSPS) is 12.2. The molecule has 0 amide bonds. The average Bonchev–Trinajstić information content (AvgIpc) is 2.86. The van der Waals surface area contributed by atoms with E-state index in [0.717, 1.165) is 12.8 Å². The van der Waals surface area contributed by atoms with Crippen molar-refractivity contribution < 1.29 is 19.4 Å². The van der Waals surface area contributed by atoms with Crippen LogP contribution in [0.15, 0.2) is 0 Å². The van der Waals surface area contributed by atoms with Gasteiger partial charge in [-0.1, -0.05) is 149 Å².